The summed E-state index contributed by atoms with van der Waals surface area (Å²) >= 11 is 6.01. The number of hydrogen-bond donors (Lipinski definition) is 2. The lowest BCUT2D eigenvalue weighted by Crippen LogP contribution is -2.17. The van der Waals surface area contributed by atoms with Crippen LogP contribution >= 0.6 is 11.6 Å². The first-order valence-corrected chi connectivity index (χ1v) is 7.29. The van der Waals surface area contributed by atoms with E-state index in [1.165, 1.54) is 18.2 Å². The van der Waals surface area contributed by atoms with Gasteiger partial charge >= 0.3 is 0 Å². The molecule has 0 amide bonds. The topological polar surface area (TPSA) is 41.5 Å². The molecule has 112 valence electrons. The maximum absolute atomic E-state index is 10.0. The molecule has 0 aliphatic carbocycles. The van der Waals surface area contributed by atoms with Crippen LogP contribution in [0, 0.1) is 6.92 Å². The Hall–Kier alpha value is -1.71. The van der Waals surface area contributed by atoms with E-state index in [0.29, 0.717) is 17.3 Å². The number of ether oxygens (including phenoxy) is 1. The van der Waals surface area contributed by atoms with Gasteiger partial charge in [-0.2, -0.15) is 0 Å². The first kappa shape index (κ1) is 15.7. The van der Waals surface area contributed by atoms with Gasteiger partial charge in [-0.15, -0.1) is 0 Å². The summed E-state index contributed by atoms with van der Waals surface area (Å²) < 4.78 is 5.09. The molecule has 0 aliphatic heterocycles. The molecule has 0 unspecified atom stereocenters. The highest BCUT2D eigenvalue weighted by Gasteiger charge is 2.09. The van der Waals surface area contributed by atoms with E-state index in [9.17, 15) is 5.11 Å². The minimum absolute atomic E-state index is 0.143. The maximum Gasteiger partial charge on any atom is 0.162 e. The van der Waals surface area contributed by atoms with Crippen molar-refractivity contribution in [2.45, 2.75) is 19.9 Å². The van der Waals surface area contributed by atoms with Crippen molar-refractivity contribution in [2.75, 3.05) is 13.7 Å². The van der Waals surface area contributed by atoms with E-state index in [2.05, 4.69) is 36.5 Å². The second kappa shape index (κ2) is 7.34. The van der Waals surface area contributed by atoms with Crippen LogP contribution in [0.15, 0.2) is 36.4 Å². The number of phenolic OH excluding ortho intramolecular Hbond substituents is 1. The van der Waals surface area contributed by atoms with Gasteiger partial charge in [0.1, 0.15) is 0 Å². The molecule has 2 N–H and O–H groups in total. The summed E-state index contributed by atoms with van der Waals surface area (Å²) in [5.74, 6) is 0.544. The molecule has 0 spiro atoms. The third-order valence-corrected chi connectivity index (χ3v) is 3.55. The molecular formula is C17H20ClNO2. The highest BCUT2D eigenvalue weighted by Crippen LogP contribution is 2.33. The van der Waals surface area contributed by atoms with Gasteiger partial charge < -0.3 is 15.2 Å². The van der Waals surface area contributed by atoms with Crippen molar-refractivity contribution in [1.82, 2.24) is 5.32 Å². The molecule has 0 saturated heterocycles. The molecule has 4 heteroatoms. The van der Waals surface area contributed by atoms with Gasteiger partial charge in [0.25, 0.3) is 0 Å². The summed E-state index contributed by atoms with van der Waals surface area (Å²) in [5, 5.41) is 13.9. The zero-order valence-electron chi connectivity index (χ0n) is 12.3. The van der Waals surface area contributed by atoms with Crippen LogP contribution in [0.2, 0.25) is 5.02 Å². The van der Waals surface area contributed by atoms with Crippen molar-refractivity contribution in [3.05, 3.63) is 58.1 Å². The molecule has 0 fully saturated rings. The molecule has 0 radical (unpaired) electrons. The monoisotopic (exact) mass is 305 g/mol. The predicted octanol–water partition coefficient (Wildman–Crippen LogP) is 3.69. The fourth-order valence-corrected chi connectivity index (χ4v) is 2.47. The van der Waals surface area contributed by atoms with Crippen LogP contribution in [0.3, 0.4) is 0 Å². The first-order valence-electron chi connectivity index (χ1n) is 6.92. The average molecular weight is 306 g/mol. The Morgan fingerprint density at radius 2 is 2.05 bits per heavy atom. The maximum atomic E-state index is 10.0. The molecule has 0 heterocycles. The van der Waals surface area contributed by atoms with Gasteiger partial charge in [-0.1, -0.05) is 41.4 Å². The number of aromatic hydroxyl groups is 1. The fourth-order valence-electron chi connectivity index (χ4n) is 2.24. The quantitative estimate of drug-likeness (QED) is 0.800. The lowest BCUT2D eigenvalue weighted by Gasteiger charge is -2.11. The Morgan fingerprint density at radius 1 is 1.24 bits per heavy atom. The van der Waals surface area contributed by atoms with E-state index in [1.807, 2.05) is 0 Å². The number of nitrogens with one attached hydrogen (secondary N) is 1. The Balaban J connectivity index is 1.90. The molecule has 0 atom stereocenters. The summed E-state index contributed by atoms with van der Waals surface area (Å²) in [6.07, 6.45) is 0.945. The van der Waals surface area contributed by atoms with E-state index >= 15 is 0 Å². The van der Waals surface area contributed by atoms with Gasteiger partial charge in [0.2, 0.25) is 0 Å². The van der Waals surface area contributed by atoms with E-state index in [0.717, 1.165) is 18.5 Å². The van der Waals surface area contributed by atoms with E-state index in [1.54, 1.807) is 12.1 Å². The van der Waals surface area contributed by atoms with Crippen LogP contribution in [0.4, 0.5) is 0 Å². The summed E-state index contributed by atoms with van der Waals surface area (Å²) in [4.78, 5) is 0. The van der Waals surface area contributed by atoms with E-state index < -0.39 is 0 Å². The van der Waals surface area contributed by atoms with Gasteiger partial charge in [-0.3, -0.25) is 0 Å². The zero-order valence-corrected chi connectivity index (χ0v) is 13.1. The Kier molecular flexibility index (Phi) is 5.48. The van der Waals surface area contributed by atoms with Crippen LogP contribution in [0.5, 0.6) is 11.5 Å². The van der Waals surface area contributed by atoms with Crippen LogP contribution in [0.1, 0.15) is 16.7 Å². The molecule has 0 saturated carbocycles. The lowest BCUT2D eigenvalue weighted by molar-refractivity contribution is 0.369. The van der Waals surface area contributed by atoms with Crippen LogP contribution in [-0.4, -0.2) is 18.8 Å². The molecule has 2 rings (SSSR count). The van der Waals surface area contributed by atoms with Crippen LogP contribution in [-0.2, 0) is 13.0 Å². The van der Waals surface area contributed by atoms with Crippen molar-refractivity contribution in [2.24, 2.45) is 0 Å². The molecule has 2 aromatic rings. The van der Waals surface area contributed by atoms with Crippen molar-refractivity contribution in [1.29, 1.82) is 0 Å². The summed E-state index contributed by atoms with van der Waals surface area (Å²) in [7, 11) is 1.51. The van der Waals surface area contributed by atoms with Crippen molar-refractivity contribution in [3.8, 4) is 11.5 Å². The highest BCUT2D eigenvalue weighted by molar-refractivity contribution is 6.30. The summed E-state index contributed by atoms with van der Waals surface area (Å²) in [6, 6.07) is 11.8. The number of hydrogen-bond acceptors (Lipinski definition) is 3. The third-order valence-electron chi connectivity index (χ3n) is 3.33. The molecule has 0 bridgehead atoms. The zero-order chi connectivity index (χ0) is 15.2. The molecule has 0 aliphatic rings. The second-order valence-electron chi connectivity index (χ2n) is 5.03. The SMILES string of the molecule is COc1cc(Cl)cc(CNCCc2cccc(C)c2)c1O. The van der Waals surface area contributed by atoms with Gasteiger partial charge in [0.05, 0.1) is 7.11 Å². The summed E-state index contributed by atoms with van der Waals surface area (Å²) in [6.45, 7) is 3.47. The fraction of sp³-hybridized carbons (Fsp3) is 0.294. The van der Waals surface area contributed by atoms with Crippen molar-refractivity contribution in [3.63, 3.8) is 0 Å². The minimum Gasteiger partial charge on any atom is -0.504 e. The molecule has 3 nitrogen and oxygen atoms in total. The third kappa shape index (κ3) is 4.38. The van der Waals surface area contributed by atoms with Gasteiger partial charge in [-0.25, -0.2) is 0 Å². The number of methoxy groups -OCH3 is 1. The second-order valence-corrected chi connectivity index (χ2v) is 5.47. The lowest BCUT2D eigenvalue weighted by atomic mass is 10.1. The van der Waals surface area contributed by atoms with Gasteiger partial charge in [0.15, 0.2) is 11.5 Å². The van der Waals surface area contributed by atoms with Crippen LogP contribution in [0.25, 0.3) is 0 Å². The Labute approximate surface area is 130 Å². The number of benzene rings is 2. The number of aryl methyl sites for hydroxylation is 1. The normalized spacial score (nSPS) is 10.6. The predicted molar refractivity (Wildman–Crippen MR) is 86.3 cm³/mol. The molecule has 2 aromatic carbocycles. The van der Waals surface area contributed by atoms with Crippen LogP contribution < -0.4 is 10.1 Å². The minimum atomic E-state index is 0.143. The standard InChI is InChI=1S/C17H20ClNO2/c1-12-4-3-5-13(8-12)6-7-19-11-14-9-15(18)10-16(21-2)17(14)20/h3-5,8-10,19-20H,6-7,11H2,1-2H3. The molecule has 21 heavy (non-hydrogen) atoms. The van der Waals surface area contributed by atoms with Crippen molar-refractivity contribution < 1.29 is 9.84 Å². The highest BCUT2D eigenvalue weighted by atomic mass is 35.5. The molecule has 0 aromatic heterocycles. The van der Waals surface area contributed by atoms with E-state index in [4.69, 9.17) is 16.3 Å². The Morgan fingerprint density at radius 3 is 2.76 bits per heavy atom. The first-order chi connectivity index (χ1) is 10.1. The van der Waals surface area contributed by atoms with Gasteiger partial charge in [0, 0.05) is 23.2 Å². The summed E-state index contributed by atoms with van der Waals surface area (Å²) in [5.41, 5.74) is 3.31. The number of phenols is 1. The Bertz CT molecular complexity index is 614. The largest absolute Gasteiger partial charge is 0.504 e. The number of rotatable bonds is 6. The van der Waals surface area contributed by atoms with Gasteiger partial charge in [-0.05, 0) is 31.5 Å². The smallest absolute Gasteiger partial charge is 0.162 e. The molecular weight excluding hydrogens is 286 g/mol. The average Bonchev–Trinajstić information content (AvgIpc) is 2.46. The number of halogens is 1. The van der Waals surface area contributed by atoms with Crippen molar-refractivity contribution >= 4 is 11.6 Å². The van der Waals surface area contributed by atoms with E-state index in [-0.39, 0.29) is 5.75 Å².